The molecule has 0 aliphatic carbocycles. The fourth-order valence-electron chi connectivity index (χ4n) is 4.32. The van der Waals surface area contributed by atoms with Crippen LogP contribution < -0.4 is 20.7 Å². The zero-order valence-corrected chi connectivity index (χ0v) is 19.0. The monoisotopic (exact) mass is 450 g/mol. The van der Waals surface area contributed by atoms with Gasteiger partial charge in [-0.25, -0.2) is 9.97 Å². The van der Waals surface area contributed by atoms with Crippen molar-refractivity contribution in [3.8, 4) is 17.0 Å². The van der Waals surface area contributed by atoms with E-state index >= 15 is 0 Å². The SMILES string of the molecule is COc1cc(N2CCCC2)c(N)cc1Nc1nccc(-c2cn(C)c3ccccc23)n1.Cl. The molecule has 0 atom stereocenters. The van der Waals surface area contributed by atoms with Crippen LogP contribution in [0.1, 0.15) is 12.8 Å². The highest BCUT2D eigenvalue weighted by molar-refractivity contribution is 5.95. The van der Waals surface area contributed by atoms with Gasteiger partial charge in [0.05, 0.1) is 29.9 Å². The van der Waals surface area contributed by atoms with Crippen molar-refractivity contribution in [2.24, 2.45) is 7.05 Å². The second kappa shape index (κ2) is 8.96. The first-order valence-electron chi connectivity index (χ1n) is 10.5. The summed E-state index contributed by atoms with van der Waals surface area (Å²) in [6, 6.07) is 14.1. The summed E-state index contributed by atoms with van der Waals surface area (Å²) in [5.74, 6) is 1.22. The van der Waals surface area contributed by atoms with Gasteiger partial charge in [-0.05, 0) is 31.0 Å². The zero-order chi connectivity index (χ0) is 21.4. The number of nitrogens with one attached hydrogen (secondary N) is 1. The Kier molecular flexibility index (Phi) is 6.10. The molecule has 1 fully saturated rings. The van der Waals surface area contributed by atoms with E-state index in [9.17, 15) is 0 Å². The highest BCUT2D eigenvalue weighted by Crippen LogP contribution is 2.38. The molecule has 8 heteroatoms. The number of fused-ring (bicyclic) bond motifs is 1. The van der Waals surface area contributed by atoms with E-state index in [0.29, 0.717) is 5.95 Å². The summed E-state index contributed by atoms with van der Waals surface area (Å²) in [5, 5.41) is 4.45. The van der Waals surface area contributed by atoms with Crippen LogP contribution in [0.3, 0.4) is 0 Å². The number of aryl methyl sites for hydroxylation is 1. The second-order valence-electron chi connectivity index (χ2n) is 7.87. The molecule has 32 heavy (non-hydrogen) atoms. The van der Waals surface area contributed by atoms with E-state index in [4.69, 9.17) is 15.5 Å². The summed E-state index contributed by atoms with van der Waals surface area (Å²) in [7, 11) is 3.71. The Morgan fingerprint density at radius 2 is 1.88 bits per heavy atom. The summed E-state index contributed by atoms with van der Waals surface area (Å²) >= 11 is 0. The number of aromatic nitrogens is 3. The van der Waals surface area contributed by atoms with Crippen LogP contribution >= 0.6 is 12.4 Å². The van der Waals surface area contributed by atoms with Crippen molar-refractivity contribution < 1.29 is 4.74 Å². The lowest BCUT2D eigenvalue weighted by Gasteiger charge is -2.22. The van der Waals surface area contributed by atoms with Gasteiger partial charge in [0.15, 0.2) is 0 Å². The second-order valence-corrected chi connectivity index (χ2v) is 7.87. The highest BCUT2D eigenvalue weighted by atomic mass is 35.5. The molecule has 3 heterocycles. The number of methoxy groups -OCH3 is 1. The number of anilines is 4. The van der Waals surface area contributed by atoms with Crippen LogP contribution in [0.15, 0.2) is 54.9 Å². The van der Waals surface area contributed by atoms with Crippen molar-refractivity contribution in [1.29, 1.82) is 0 Å². The first-order valence-corrected chi connectivity index (χ1v) is 10.5. The standard InChI is InChI=1S/C24H26N6O.ClH/c1-29-15-17(16-7-3-4-8-21(16)29)19-9-10-26-24(27-19)28-20-13-18(25)22(14-23(20)31-2)30-11-5-6-12-30;/h3-4,7-10,13-15H,5-6,11-12,25H2,1-2H3,(H,26,27,28);1H. The summed E-state index contributed by atoms with van der Waals surface area (Å²) < 4.78 is 7.76. The van der Waals surface area contributed by atoms with Crippen molar-refractivity contribution in [2.45, 2.75) is 12.8 Å². The Hall–Kier alpha value is -3.45. The number of para-hydroxylation sites is 1. The van der Waals surface area contributed by atoms with Crippen LogP contribution in [0.4, 0.5) is 23.0 Å². The maximum atomic E-state index is 6.38. The van der Waals surface area contributed by atoms with Gasteiger partial charge in [0.2, 0.25) is 5.95 Å². The summed E-state index contributed by atoms with van der Waals surface area (Å²) in [5.41, 5.74) is 12.0. The highest BCUT2D eigenvalue weighted by Gasteiger charge is 2.18. The largest absolute Gasteiger partial charge is 0.494 e. The first-order chi connectivity index (χ1) is 15.1. The van der Waals surface area contributed by atoms with Gasteiger partial charge in [0.1, 0.15) is 5.75 Å². The van der Waals surface area contributed by atoms with E-state index in [1.54, 1.807) is 13.3 Å². The fourth-order valence-corrected chi connectivity index (χ4v) is 4.32. The van der Waals surface area contributed by atoms with E-state index in [0.717, 1.165) is 58.1 Å². The Morgan fingerprint density at radius 3 is 2.66 bits per heavy atom. The lowest BCUT2D eigenvalue weighted by Crippen LogP contribution is -2.19. The molecule has 0 saturated carbocycles. The van der Waals surface area contributed by atoms with Crippen molar-refractivity contribution >= 4 is 46.3 Å². The fraction of sp³-hybridized carbons (Fsp3) is 0.250. The van der Waals surface area contributed by atoms with Crippen molar-refractivity contribution in [1.82, 2.24) is 14.5 Å². The third kappa shape index (κ3) is 3.91. The van der Waals surface area contributed by atoms with Gasteiger partial charge in [-0.15, -0.1) is 12.4 Å². The average molecular weight is 451 g/mol. The molecule has 3 N–H and O–H groups in total. The molecule has 4 aromatic rings. The number of hydrogen-bond acceptors (Lipinski definition) is 6. The molecule has 7 nitrogen and oxygen atoms in total. The zero-order valence-electron chi connectivity index (χ0n) is 18.2. The number of halogens is 1. The summed E-state index contributed by atoms with van der Waals surface area (Å²) in [6.07, 6.45) is 6.24. The number of rotatable bonds is 5. The normalized spacial score (nSPS) is 13.2. The predicted octanol–water partition coefficient (Wildman–Crippen LogP) is 4.99. The summed E-state index contributed by atoms with van der Waals surface area (Å²) in [6.45, 7) is 2.05. The number of nitrogens with zero attached hydrogens (tertiary/aromatic N) is 4. The van der Waals surface area contributed by atoms with Crippen molar-refractivity contribution in [2.75, 3.05) is 36.1 Å². The number of nitrogens with two attached hydrogens (primary N) is 1. The molecule has 1 aliphatic rings. The number of hydrogen-bond donors (Lipinski definition) is 2. The third-order valence-electron chi connectivity index (χ3n) is 5.87. The Morgan fingerprint density at radius 1 is 1.09 bits per heavy atom. The summed E-state index contributed by atoms with van der Waals surface area (Å²) in [4.78, 5) is 11.5. The van der Waals surface area contributed by atoms with E-state index in [1.807, 2.05) is 37.4 Å². The Balaban J connectivity index is 0.00000245. The van der Waals surface area contributed by atoms with Gasteiger partial charge in [-0.1, -0.05) is 18.2 Å². The minimum absolute atomic E-state index is 0. The van der Waals surface area contributed by atoms with Gasteiger partial charge in [-0.2, -0.15) is 0 Å². The molecular weight excluding hydrogens is 424 g/mol. The Labute approximate surface area is 193 Å². The molecule has 0 radical (unpaired) electrons. The lowest BCUT2D eigenvalue weighted by atomic mass is 10.1. The average Bonchev–Trinajstić information content (AvgIpc) is 3.43. The van der Waals surface area contributed by atoms with Gasteiger partial charge in [-0.3, -0.25) is 0 Å². The van der Waals surface area contributed by atoms with E-state index in [2.05, 4.69) is 38.1 Å². The lowest BCUT2D eigenvalue weighted by molar-refractivity contribution is 0.417. The maximum absolute atomic E-state index is 6.38. The number of benzene rings is 2. The van der Waals surface area contributed by atoms with Gasteiger partial charge < -0.3 is 25.3 Å². The van der Waals surface area contributed by atoms with Crippen LogP contribution in [-0.2, 0) is 7.05 Å². The molecule has 166 valence electrons. The number of nitrogen functional groups attached to an aromatic ring is 1. The molecule has 1 saturated heterocycles. The topological polar surface area (TPSA) is 81.2 Å². The quantitative estimate of drug-likeness (QED) is 0.417. The molecule has 1 aliphatic heterocycles. The van der Waals surface area contributed by atoms with E-state index < -0.39 is 0 Å². The van der Waals surface area contributed by atoms with Crippen molar-refractivity contribution in [3.05, 3.63) is 54.9 Å². The first kappa shape index (κ1) is 21.8. The molecule has 2 aromatic carbocycles. The van der Waals surface area contributed by atoms with Crippen LogP contribution in [0, 0.1) is 0 Å². The van der Waals surface area contributed by atoms with Crippen LogP contribution in [0.25, 0.3) is 22.2 Å². The minimum Gasteiger partial charge on any atom is -0.494 e. The molecule has 2 aromatic heterocycles. The molecule has 0 spiro atoms. The maximum Gasteiger partial charge on any atom is 0.227 e. The molecular formula is C24H27ClN6O. The molecule has 0 amide bonds. The van der Waals surface area contributed by atoms with E-state index in [1.165, 1.54) is 12.8 Å². The van der Waals surface area contributed by atoms with Crippen LogP contribution in [-0.4, -0.2) is 34.7 Å². The smallest absolute Gasteiger partial charge is 0.227 e. The van der Waals surface area contributed by atoms with Gasteiger partial charge in [0, 0.05) is 55.1 Å². The number of ether oxygens (including phenoxy) is 1. The van der Waals surface area contributed by atoms with Crippen LogP contribution in [0.5, 0.6) is 5.75 Å². The van der Waals surface area contributed by atoms with E-state index in [-0.39, 0.29) is 12.4 Å². The van der Waals surface area contributed by atoms with Gasteiger partial charge in [0.25, 0.3) is 0 Å². The Bertz CT molecular complexity index is 1250. The molecule has 0 unspecified atom stereocenters. The van der Waals surface area contributed by atoms with Crippen molar-refractivity contribution in [3.63, 3.8) is 0 Å². The minimum atomic E-state index is 0. The van der Waals surface area contributed by atoms with Crippen LogP contribution in [0.2, 0.25) is 0 Å². The van der Waals surface area contributed by atoms with Gasteiger partial charge >= 0.3 is 0 Å². The third-order valence-corrected chi connectivity index (χ3v) is 5.87. The molecule has 5 rings (SSSR count). The molecule has 0 bridgehead atoms. The predicted molar refractivity (Wildman–Crippen MR) is 133 cm³/mol.